The first-order valence-electron chi connectivity index (χ1n) is 5.25. The topological polar surface area (TPSA) is 64.2 Å². The highest BCUT2D eigenvalue weighted by atomic mass is 16.1. The van der Waals surface area contributed by atoms with Gasteiger partial charge in [-0.2, -0.15) is 0 Å². The van der Waals surface area contributed by atoms with E-state index in [4.69, 9.17) is 5.73 Å². The molecule has 0 saturated carbocycles. The molecule has 0 saturated heterocycles. The molecule has 1 aromatic rings. The number of nitrogens with two attached hydrogens (primary N) is 1. The standard InChI is InChI=1S/C10H16N4O/c1-2-8(10(11)15)14-6-5-13-4-3-12-9(13)7-14/h3-4,8H,2,5-7H2,1H3,(H2,11,15). The van der Waals surface area contributed by atoms with Crippen molar-refractivity contribution in [1.82, 2.24) is 14.5 Å². The van der Waals surface area contributed by atoms with Gasteiger partial charge in [0.05, 0.1) is 12.6 Å². The van der Waals surface area contributed by atoms with E-state index in [1.807, 2.05) is 13.1 Å². The Bertz CT molecular complexity index is 360. The Hall–Kier alpha value is -1.36. The van der Waals surface area contributed by atoms with E-state index in [0.29, 0.717) is 6.54 Å². The van der Waals surface area contributed by atoms with E-state index in [2.05, 4.69) is 14.5 Å². The molecule has 2 N–H and O–H groups in total. The summed E-state index contributed by atoms with van der Waals surface area (Å²) in [7, 11) is 0. The molecule has 0 aromatic carbocycles. The molecular weight excluding hydrogens is 192 g/mol. The second-order valence-corrected chi connectivity index (χ2v) is 3.83. The van der Waals surface area contributed by atoms with Crippen molar-refractivity contribution in [1.29, 1.82) is 0 Å². The Morgan fingerprint density at radius 1 is 1.67 bits per heavy atom. The number of fused-ring (bicyclic) bond motifs is 1. The second-order valence-electron chi connectivity index (χ2n) is 3.83. The summed E-state index contributed by atoms with van der Waals surface area (Å²) in [5, 5.41) is 0. The van der Waals surface area contributed by atoms with Crippen LogP contribution in [0, 0.1) is 0 Å². The molecule has 1 atom stereocenters. The normalized spacial score (nSPS) is 18.5. The highest BCUT2D eigenvalue weighted by Crippen LogP contribution is 2.14. The maximum Gasteiger partial charge on any atom is 0.234 e. The number of hydrogen-bond acceptors (Lipinski definition) is 3. The van der Waals surface area contributed by atoms with E-state index >= 15 is 0 Å². The minimum Gasteiger partial charge on any atom is -0.368 e. The fourth-order valence-corrected chi connectivity index (χ4v) is 2.10. The molecule has 2 heterocycles. The maximum absolute atomic E-state index is 11.2. The van der Waals surface area contributed by atoms with Crippen molar-refractivity contribution in [2.75, 3.05) is 6.54 Å². The van der Waals surface area contributed by atoms with Crippen molar-refractivity contribution >= 4 is 5.91 Å². The lowest BCUT2D eigenvalue weighted by Crippen LogP contribution is -2.47. The predicted molar refractivity (Wildman–Crippen MR) is 55.9 cm³/mol. The van der Waals surface area contributed by atoms with Gasteiger partial charge in [-0.1, -0.05) is 6.92 Å². The third-order valence-electron chi connectivity index (χ3n) is 2.93. The number of aromatic nitrogens is 2. The molecule has 0 radical (unpaired) electrons. The molecule has 0 fully saturated rings. The van der Waals surface area contributed by atoms with Gasteiger partial charge in [-0.15, -0.1) is 0 Å². The fourth-order valence-electron chi connectivity index (χ4n) is 2.10. The molecule has 0 aliphatic carbocycles. The maximum atomic E-state index is 11.2. The van der Waals surface area contributed by atoms with Crippen LogP contribution >= 0.6 is 0 Å². The summed E-state index contributed by atoms with van der Waals surface area (Å²) in [6.07, 6.45) is 4.53. The van der Waals surface area contributed by atoms with Crippen LogP contribution in [0.1, 0.15) is 19.2 Å². The van der Waals surface area contributed by atoms with Gasteiger partial charge in [-0.25, -0.2) is 4.98 Å². The van der Waals surface area contributed by atoms with Gasteiger partial charge in [-0.05, 0) is 6.42 Å². The SMILES string of the molecule is CCC(C(N)=O)N1CCn2ccnc2C1. The molecule has 1 aliphatic heterocycles. The largest absolute Gasteiger partial charge is 0.368 e. The first-order chi connectivity index (χ1) is 7.22. The molecule has 82 valence electrons. The number of nitrogens with zero attached hydrogens (tertiary/aromatic N) is 3. The van der Waals surface area contributed by atoms with Crippen LogP contribution in [0.2, 0.25) is 0 Å². The third-order valence-corrected chi connectivity index (χ3v) is 2.93. The van der Waals surface area contributed by atoms with Gasteiger partial charge in [0, 0.05) is 25.5 Å². The van der Waals surface area contributed by atoms with Crippen LogP contribution in [-0.4, -0.2) is 32.9 Å². The lowest BCUT2D eigenvalue weighted by molar-refractivity contribution is -0.124. The van der Waals surface area contributed by atoms with Gasteiger partial charge in [0.1, 0.15) is 5.82 Å². The van der Waals surface area contributed by atoms with Crippen LogP contribution in [0.4, 0.5) is 0 Å². The van der Waals surface area contributed by atoms with Gasteiger partial charge in [0.25, 0.3) is 0 Å². The zero-order valence-electron chi connectivity index (χ0n) is 8.89. The quantitative estimate of drug-likeness (QED) is 0.758. The highest BCUT2D eigenvalue weighted by molar-refractivity contribution is 5.79. The first-order valence-corrected chi connectivity index (χ1v) is 5.25. The number of carbonyl (C=O) groups excluding carboxylic acids is 1. The lowest BCUT2D eigenvalue weighted by atomic mass is 10.1. The number of hydrogen-bond donors (Lipinski definition) is 1. The Labute approximate surface area is 88.9 Å². The van der Waals surface area contributed by atoms with Gasteiger partial charge in [0.2, 0.25) is 5.91 Å². The number of primary amides is 1. The number of carbonyl (C=O) groups is 1. The summed E-state index contributed by atoms with van der Waals surface area (Å²) in [4.78, 5) is 17.6. The molecule has 0 spiro atoms. The van der Waals surface area contributed by atoms with Crippen LogP contribution in [-0.2, 0) is 17.9 Å². The van der Waals surface area contributed by atoms with Crippen molar-refractivity contribution in [3.8, 4) is 0 Å². The average Bonchev–Trinajstić information content (AvgIpc) is 2.65. The number of amides is 1. The van der Waals surface area contributed by atoms with Crippen molar-refractivity contribution < 1.29 is 4.79 Å². The summed E-state index contributed by atoms with van der Waals surface area (Å²) in [5.41, 5.74) is 5.37. The summed E-state index contributed by atoms with van der Waals surface area (Å²) in [6.45, 7) is 4.45. The molecule has 5 heteroatoms. The van der Waals surface area contributed by atoms with Gasteiger partial charge < -0.3 is 10.3 Å². The minimum absolute atomic E-state index is 0.157. The van der Waals surface area contributed by atoms with Crippen molar-refractivity contribution in [3.63, 3.8) is 0 Å². The van der Waals surface area contributed by atoms with Crippen LogP contribution in [0.3, 0.4) is 0 Å². The van der Waals surface area contributed by atoms with Crippen LogP contribution in [0.5, 0.6) is 0 Å². The predicted octanol–water partition coefficient (Wildman–Crippen LogP) is -0.0374. The van der Waals surface area contributed by atoms with Gasteiger partial charge >= 0.3 is 0 Å². The molecule has 1 amide bonds. The molecule has 1 unspecified atom stereocenters. The third kappa shape index (κ3) is 1.87. The fraction of sp³-hybridized carbons (Fsp3) is 0.600. The molecule has 2 rings (SSSR count). The van der Waals surface area contributed by atoms with Crippen LogP contribution < -0.4 is 5.73 Å². The summed E-state index contributed by atoms with van der Waals surface area (Å²) >= 11 is 0. The Kier molecular flexibility index (Phi) is 2.73. The molecule has 0 bridgehead atoms. The average molecular weight is 208 g/mol. The van der Waals surface area contributed by atoms with Crippen molar-refractivity contribution in [2.45, 2.75) is 32.5 Å². The van der Waals surface area contributed by atoms with E-state index < -0.39 is 0 Å². The van der Waals surface area contributed by atoms with Crippen molar-refractivity contribution in [2.24, 2.45) is 5.73 Å². The van der Waals surface area contributed by atoms with Gasteiger partial charge in [-0.3, -0.25) is 9.69 Å². The molecule has 15 heavy (non-hydrogen) atoms. The van der Waals surface area contributed by atoms with Gasteiger partial charge in [0.15, 0.2) is 0 Å². The molecule has 1 aliphatic rings. The summed E-state index contributed by atoms with van der Waals surface area (Å²) in [5.74, 6) is 0.776. The van der Waals surface area contributed by atoms with Crippen LogP contribution in [0.15, 0.2) is 12.4 Å². The van der Waals surface area contributed by atoms with Crippen molar-refractivity contribution in [3.05, 3.63) is 18.2 Å². The second kappa shape index (κ2) is 4.02. The summed E-state index contributed by atoms with van der Waals surface area (Å²) in [6, 6.07) is -0.157. The van der Waals surface area contributed by atoms with E-state index in [1.54, 1.807) is 6.20 Å². The lowest BCUT2D eigenvalue weighted by Gasteiger charge is -2.32. The van der Waals surface area contributed by atoms with E-state index in [-0.39, 0.29) is 11.9 Å². The molecular formula is C10H16N4O. The van der Waals surface area contributed by atoms with E-state index in [0.717, 1.165) is 25.3 Å². The summed E-state index contributed by atoms with van der Waals surface area (Å²) < 4.78 is 2.12. The zero-order valence-corrected chi connectivity index (χ0v) is 8.89. The van der Waals surface area contributed by atoms with E-state index in [9.17, 15) is 4.79 Å². The first kappa shape index (κ1) is 10.2. The molecule has 5 nitrogen and oxygen atoms in total. The smallest absolute Gasteiger partial charge is 0.234 e. The molecule has 1 aromatic heterocycles. The highest BCUT2D eigenvalue weighted by Gasteiger charge is 2.26. The number of imidazole rings is 1. The number of rotatable bonds is 3. The Balaban J connectivity index is 2.11. The van der Waals surface area contributed by atoms with E-state index in [1.165, 1.54) is 0 Å². The Morgan fingerprint density at radius 2 is 2.47 bits per heavy atom. The van der Waals surface area contributed by atoms with Crippen LogP contribution in [0.25, 0.3) is 0 Å². The zero-order chi connectivity index (χ0) is 10.8. The monoisotopic (exact) mass is 208 g/mol. The minimum atomic E-state index is -0.238. The Morgan fingerprint density at radius 3 is 3.13 bits per heavy atom.